The predicted octanol–water partition coefficient (Wildman–Crippen LogP) is 3.24. The molecule has 32 heavy (non-hydrogen) atoms. The maximum atomic E-state index is 12.6. The standard InChI is InChI=1S/C27H32N2O3/c30-22-9-8-21-12-24-27(32)15-19(16-28-25(31)20-4-2-1-3-5-20)14-26(27,23(21)13-22)10-11-29(24)17-18-6-7-18/h1-5,8-9,13,18-19,24,30,32H,6-7,10-12,14-17H2,(H,28,31). The largest absolute Gasteiger partial charge is 0.508 e. The quantitative estimate of drug-likeness (QED) is 0.678. The number of piperidine rings is 1. The number of nitrogens with one attached hydrogen (secondary N) is 1. The van der Waals surface area contributed by atoms with Crippen LogP contribution in [-0.2, 0) is 11.8 Å². The van der Waals surface area contributed by atoms with E-state index in [1.165, 1.54) is 18.4 Å². The van der Waals surface area contributed by atoms with Crippen molar-refractivity contribution in [3.8, 4) is 5.75 Å². The fourth-order valence-electron chi connectivity index (χ4n) is 7.04. The van der Waals surface area contributed by atoms with Crippen molar-refractivity contribution < 1.29 is 15.0 Å². The highest BCUT2D eigenvalue weighted by Crippen LogP contribution is 2.61. The van der Waals surface area contributed by atoms with Crippen LogP contribution < -0.4 is 5.32 Å². The molecule has 1 amide bonds. The van der Waals surface area contributed by atoms with E-state index in [-0.39, 0.29) is 29.0 Å². The Morgan fingerprint density at radius 1 is 1.09 bits per heavy atom. The number of benzene rings is 2. The molecule has 3 N–H and O–H groups in total. The van der Waals surface area contributed by atoms with Crippen LogP contribution in [0.1, 0.15) is 53.6 Å². The normalized spacial score (nSPS) is 33.4. The second-order valence-electron chi connectivity index (χ2n) is 10.6. The molecule has 0 aromatic heterocycles. The Morgan fingerprint density at radius 2 is 1.91 bits per heavy atom. The highest BCUT2D eigenvalue weighted by atomic mass is 16.3. The number of aliphatic hydroxyl groups is 1. The number of carbonyl (C=O) groups excluding carboxylic acids is 1. The Bertz CT molecular complexity index is 1040. The number of aromatic hydroxyl groups is 1. The second-order valence-corrected chi connectivity index (χ2v) is 10.6. The number of carbonyl (C=O) groups is 1. The minimum absolute atomic E-state index is 0.0543. The van der Waals surface area contributed by atoms with Crippen LogP contribution >= 0.6 is 0 Å². The molecule has 5 heteroatoms. The third kappa shape index (κ3) is 3.09. The zero-order chi connectivity index (χ0) is 21.9. The fourth-order valence-corrected chi connectivity index (χ4v) is 7.04. The lowest BCUT2D eigenvalue weighted by Crippen LogP contribution is -2.69. The van der Waals surface area contributed by atoms with Crippen molar-refractivity contribution in [1.82, 2.24) is 10.2 Å². The van der Waals surface area contributed by atoms with Gasteiger partial charge in [0.05, 0.1) is 5.60 Å². The van der Waals surface area contributed by atoms with E-state index in [0.29, 0.717) is 18.5 Å². The van der Waals surface area contributed by atoms with E-state index in [9.17, 15) is 15.0 Å². The average molecular weight is 433 g/mol. The molecule has 3 fully saturated rings. The van der Waals surface area contributed by atoms with Gasteiger partial charge in [0.15, 0.2) is 0 Å². The van der Waals surface area contributed by atoms with Gasteiger partial charge in [0.2, 0.25) is 0 Å². The van der Waals surface area contributed by atoms with Crippen molar-refractivity contribution in [2.24, 2.45) is 11.8 Å². The summed E-state index contributed by atoms with van der Waals surface area (Å²) in [5.41, 5.74) is 1.92. The Labute approximate surface area is 189 Å². The Balaban J connectivity index is 1.30. The first kappa shape index (κ1) is 20.3. The van der Waals surface area contributed by atoms with Crippen molar-refractivity contribution in [3.63, 3.8) is 0 Å². The first-order valence-electron chi connectivity index (χ1n) is 12.1. The van der Waals surface area contributed by atoms with Gasteiger partial charge >= 0.3 is 0 Å². The van der Waals surface area contributed by atoms with Crippen LogP contribution in [0.4, 0.5) is 0 Å². The molecule has 2 bridgehead atoms. The molecular weight excluding hydrogens is 400 g/mol. The van der Waals surface area contributed by atoms with Gasteiger partial charge in [-0.25, -0.2) is 0 Å². The summed E-state index contributed by atoms with van der Waals surface area (Å²) in [5.74, 6) is 1.22. The number of hydrogen-bond acceptors (Lipinski definition) is 4. The molecule has 5 nitrogen and oxygen atoms in total. The third-order valence-electron chi connectivity index (χ3n) is 8.68. The second kappa shape index (κ2) is 7.32. The summed E-state index contributed by atoms with van der Waals surface area (Å²) in [6.07, 6.45) is 5.92. The molecule has 4 aliphatic rings. The summed E-state index contributed by atoms with van der Waals surface area (Å²) in [6, 6.07) is 15.2. The lowest BCUT2D eigenvalue weighted by atomic mass is 9.56. The molecule has 0 spiro atoms. The van der Waals surface area contributed by atoms with Gasteiger partial charge in [-0.15, -0.1) is 0 Å². The van der Waals surface area contributed by atoms with Gasteiger partial charge in [0, 0.05) is 30.1 Å². The molecule has 4 unspecified atom stereocenters. The van der Waals surface area contributed by atoms with Crippen molar-refractivity contribution in [1.29, 1.82) is 0 Å². The first-order chi connectivity index (χ1) is 15.5. The summed E-state index contributed by atoms with van der Waals surface area (Å²) in [7, 11) is 0. The zero-order valence-corrected chi connectivity index (χ0v) is 18.5. The van der Waals surface area contributed by atoms with E-state index in [1.54, 1.807) is 6.07 Å². The van der Waals surface area contributed by atoms with Crippen LogP contribution in [0.2, 0.25) is 0 Å². The summed E-state index contributed by atoms with van der Waals surface area (Å²) in [5, 5.41) is 25.7. The van der Waals surface area contributed by atoms with Gasteiger partial charge in [-0.2, -0.15) is 0 Å². The molecule has 3 aliphatic carbocycles. The molecule has 168 valence electrons. The molecule has 1 heterocycles. The molecule has 0 radical (unpaired) electrons. The lowest BCUT2D eigenvalue weighted by molar-refractivity contribution is -0.131. The lowest BCUT2D eigenvalue weighted by Gasteiger charge is -2.59. The molecule has 2 aromatic carbocycles. The van der Waals surface area contributed by atoms with E-state index >= 15 is 0 Å². The molecular formula is C27H32N2O3. The first-order valence-corrected chi connectivity index (χ1v) is 12.1. The average Bonchev–Trinajstić information content (AvgIpc) is 3.55. The van der Waals surface area contributed by atoms with E-state index < -0.39 is 5.60 Å². The Hall–Kier alpha value is -2.37. The van der Waals surface area contributed by atoms with Gasteiger partial charge in [-0.1, -0.05) is 24.3 Å². The van der Waals surface area contributed by atoms with Crippen molar-refractivity contribution in [2.45, 2.75) is 55.6 Å². The monoisotopic (exact) mass is 432 g/mol. The summed E-state index contributed by atoms with van der Waals surface area (Å²) >= 11 is 0. The Morgan fingerprint density at radius 3 is 2.69 bits per heavy atom. The van der Waals surface area contributed by atoms with Crippen molar-refractivity contribution in [2.75, 3.05) is 19.6 Å². The van der Waals surface area contributed by atoms with Gasteiger partial charge < -0.3 is 15.5 Å². The number of hydrogen-bond donors (Lipinski definition) is 3. The van der Waals surface area contributed by atoms with Crippen LogP contribution in [0.25, 0.3) is 0 Å². The summed E-state index contributed by atoms with van der Waals surface area (Å²) in [4.78, 5) is 15.2. The zero-order valence-electron chi connectivity index (χ0n) is 18.5. The maximum Gasteiger partial charge on any atom is 0.251 e. The predicted molar refractivity (Wildman–Crippen MR) is 123 cm³/mol. The SMILES string of the molecule is O=C(NCC1CC23CCN(CC4CC4)C(Cc4ccc(O)cc42)C3(O)C1)c1ccccc1. The number of likely N-dealkylation sites (tertiary alicyclic amines) is 1. The highest BCUT2D eigenvalue weighted by Gasteiger charge is 2.67. The maximum absolute atomic E-state index is 12.6. The molecule has 2 aromatic rings. The Kier molecular flexibility index (Phi) is 4.63. The van der Waals surface area contributed by atoms with E-state index in [1.807, 2.05) is 36.4 Å². The minimum Gasteiger partial charge on any atom is -0.508 e. The van der Waals surface area contributed by atoms with Crippen LogP contribution in [-0.4, -0.2) is 52.3 Å². The van der Waals surface area contributed by atoms with Crippen molar-refractivity contribution in [3.05, 3.63) is 65.2 Å². The number of nitrogens with zero attached hydrogens (tertiary/aromatic N) is 1. The number of phenols is 1. The summed E-state index contributed by atoms with van der Waals surface area (Å²) < 4.78 is 0. The topological polar surface area (TPSA) is 72.8 Å². The van der Waals surface area contributed by atoms with Crippen LogP contribution in [0.5, 0.6) is 5.75 Å². The number of phenolic OH excluding ortho intramolecular Hbond substituents is 1. The van der Waals surface area contributed by atoms with E-state index in [0.717, 1.165) is 43.8 Å². The van der Waals surface area contributed by atoms with Gasteiger partial charge in [0.25, 0.3) is 5.91 Å². The summed E-state index contributed by atoms with van der Waals surface area (Å²) in [6.45, 7) is 2.66. The van der Waals surface area contributed by atoms with Gasteiger partial charge in [-0.3, -0.25) is 9.69 Å². The molecule has 4 atom stereocenters. The van der Waals surface area contributed by atoms with Crippen LogP contribution in [0.15, 0.2) is 48.5 Å². The third-order valence-corrected chi connectivity index (χ3v) is 8.68. The number of amides is 1. The molecule has 1 saturated heterocycles. The van der Waals surface area contributed by atoms with E-state index in [2.05, 4.69) is 16.3 Å². The number of rotatable bonds is 5. The minimum atomic E-state index is -0.816. The molecule has 1 aliphatic heterocycles. The highest BCUT2D eigenvalue weighted by molar-refractivity contribution is 5.94. The van der Waals surface area contributed by atoms with E-state index in [4.69, 9.17) is 0 Å². The fraction of sp³-hybridized carbons (Fsp3) is 0.519. The molecule has 2 saturated carbocycles. The molecule has 6 rings (SSSR count). The van der Waals surface area contributed by atoms with Crippen LogP contribution in [0.3, 0.4) is 0 Å². The smallest absolute Gasteiger partial charge is 0.251 e. The number of fused-ring (bicyclic) bond motifs is 1. The van der Waals surface area contributed by atoms with Crippen LogP contribution in [0, 0.1) is 11.8 Å². The van der Waals surface area contributed by atoms with Gasteiger partial charge in [-0.05, 0) is 92.3 Å². The van der Waals surface area contributed by atoms with Crippen molar-refractivity contribution >= 4 is 5.91 Å². The van der Waals surface area contributed by atoms with Gasteiger partial charge in [0.1, 0.15) is 5.75 Å².